The van der Waals surface area contributed by atoms with Crippen molar-refractivity contribution in [3.8, 4) is 5.75 Å². The van der Waals surface area contributed by atoms with Crippen molar-refractivity contribution in [2.24, 2.45) is 0 Å². The van der Waals surface area contributed by atoms with Gasteiger partial charge in [-0.2, -0.15) is 0 Å². The summed E-state index contributed by atoms with van der Waals surface area (Å²) in [6.45, 7) is 0. The van der Waals surface area contributed by atoms with Crippen molar-refractivity contribution in [3.63, 3.8) is 0 Å². The van der Waals surface area contributed by atoms with E-state index in [-0.39, 0.29) is 5.75 Å². The molecular weight excluding hydrogens is 354 g/mol. The molecule has 0 aliphatic rings. The zero-order chi connectivity index (χ0) is 14.0. The van der Waals surface area contributed by atoms with Crippen molar-refractivity contribution in [2.75, 3.05) is 7.11 Å². The lowest BCUT2D eigenvalue weighted by Gasteiger charge is -2.13. The van der Waals surface area contributed by atoms with E-state index in [2.05, 4.69) is 15.9 Å². The normalized spacial score (nSPS) is 12.3. The standard InChI is InChI=1S/C14H10BrCl2FO/c1-19-13-5-2-8(6-12(13)18)14(17)10-7-9(15)3-4-11(10)16/h2-7,14H,1H3. The quantitative estimate of drug-likeness (QED) is 0.647. The van der Waals surface area contributed by atoms with Crippen LogP contribution in [-0.4, -0.2) is 7.11 Å². The van der Waals surface area contributed by atoms with Crippen LogP contribution in [0.1, 0.15) is 16.5 Å². The van der Waals surface area contributed by atoms with Gasteiger partial charge in [-0.05, 0) is 41.5 Å². The summed E-state index contributed by atoms with van der Waals surface area (Å²) in [6, 6.07) is 10.0. The predicted molar refractivity (Wildman–Crippen MR) is 79.8 cm³/mol. The van der Waals surface area contributed by atoms with Crippen LogP contribution in [0.15, 0.2) is 40.9 Å². The zero-order valence-corrected chi connectivity index (χ0v) is 13.1. The summed E-state index contributed by atoms with van der Waals surface area (Å²) in [4.78, 5) is 0. The molecule has 0 amide bonds. The van der Waals surface area contributed by atoms with Gasteiger partial charge >= 0.3 is 0 Å². The van der Waals surface area contributed by atoms with E-state index < -0.39 is 11.2 Å². The summed E-state index contributed by atoms with van der Waals surface area (Å²) in [6.07, 6.45) is 0. The summed E-state index contributed by atoms with van der Waals surface area (Å²) < 4.78 is 19.4. The molecule has 0 saturated heterocycles. The topological polar surface area (TPSA) is 9.23 Å². The van der Waals surface area contributed by atoms with Crippen molar-refractivity contribution < 1.29 is 9.13 Å². The molecule has 2 rings (SSSR count). The third kappa shape index (κ3) is 3.22. The van der Waals surface area contributed by atoms with Gasteiger partial charge in [-0.3, -0.25) is 0 Å². The molecular formula is C14H10BrCl2FO. The molecule has 0 spiro atoms. The molecule has 0 aliphatic carbocycles. The van der Waals surface area contributed by atoms with Crippen LogP contribution in [0.5, 0.6) is 5.75 Å². The van der Waals surface area contributed by atoms with E-state index in [1.807, 2.05) is 12.1 Å². The van der Waals surface area contributed by atoms with Crippen molar-refractivity contribution in [2.45, 2.75) is 5.38 Å². The summed E-state index contributed by atoms with van der Waals surface area (Å²) >= 11 is 15.8. The Morgan fingerprint density at radius 2 is 1.95 bits per heavy atom. The predicted octanol–water partition coefficient (Wildman–Crippen LogP) is 5.58. The Morgan fingerprint density at radius 1 is 1.21 bits per heavy atom. The maximum absolute atomic E-state index is 13.7. The van der Waals surface area contributed by atoms with Crippen LogP contribution in [0.25, 0.3) is 0 Å². The molecule has 0 radical (unpaired) electrons. The van der Waals surface area contributed by atoms with Crippen LogP contribution in [0.3, 0.4) is 0 Å². The number of methoxy groups -OCH3 is 1. The highest BCUT2D eigenvalue weighted by Crippen LogP contribution is 2.36. The Bertz CT molecular complexity index is 604. The molecule has 0 heterocycles. The van der Waals surface area contributed by atoms with Crippen molar-refractivity contribution in [1.82, 2.24) is 0 Å². The van der Waals surface area contributed by atoms with Crippen LogP contribution in [0.2, 0.25) is 5.02 Å². The summed E-state index contributed by atoms with van der Waals surface area (Å²) in [7, 11) is 1.42. The average molecular weight is 364 g/mol. The number of halogens is 4. The van der Waals surface area contributed by atoms with Gasteiger partial charge in [0, 0.05) is 9.50 Å². The number of hydrogen-bond donors (Lipinski definition) is 0. The minimum Gasteiger partial charge on any atom is -0.494 e. The maximum atomic E-state index is 13.7. The lowest BCUT2D eigenvalue weighted by atomic mass is 10.0. The van der Waals surface area contributed by atoms with E-state index in [1.165, 1.54) is 13.2 Å². The highest BCUT2D eigenvalue weighted by atomic mass is 79.9. The molecule has 0 bridgehead atoms. The van der Waals surface area contributed by atoms with E-state index >= 15 is 0 Å². The van der Waals surface area contributed by atoms with Crippen LogP contribution in [0.4, 0.5) is 4.39 Å². The lowest BCUT2D eigenvalue weighted by molar-refractivity contribution is 0.386. The minimum atomic E-state index is -0.523. The Kier molecular flexibility index (Phi) is 4.71. The van der Waals surface area contributed by atoms with Gasteiger partial charge < -0.3 is 4.74 Å². The van der Waals surface area contributed by atoms with Crippen LogP contribution in [-0.2, 0) is 0 Å². The highest BCUT2D eigenvalue weighted by molar-refractivity contribution is 9.10. The largest absolute Gasteiger partial charge is 0.494 e. The van der Waals surface area contributed by atoms with Gasteiger partial charge in [0.1, 0.15) is 0 Å². The fourth-order valence-corrected chi connectivity index (χ4v) is 2.71. The lowest BCUT2D eigenvalue weighted by Crippen LogP contribution is -1.97. The summed E-state index contributed by atoms with van der Waals surface area (Å²) in [5.41, 5.74) is 1.35. The zero-order valence-electron chi connectivity index (χ0n) is 9.96. The Morgan fingerprint density at radius 3 is 2.58 bits per heavy atom. The van der Waals surface area contributed by atoms with E-state index in [0.29, 0.717) is 10.6 Å². The van der Waals surface area contributed by atoms with Crippen molar-refractivity contribution in [1.29, 1.82) is 0 Å². The SMILES string of the molecule is COc1ccc(C(Cl)c2cc(Br)ccc2Cl)cc1F. The first kappa shape index (κ1) is 14.6. The second-order valence-corrected chi connectivity index (χ2v) is 5.68. The molecule has 0 fully saturated rings. The average Bonchev–Trinajstić information content (AvgIpc) is 2.40. The molecule has 100 valence electrons. The van der Waals surface area contributed by atoms with Gasteiger partial charge in [-0.25, -0.2) is 4.39 Å². The van der Waals surface area contributed by atoms with Gasteiger partial charge in [-0.1, -0.05) is 33.6 Å². The molecule has 0 N–H and O–H groups in total. The number of ether oxygens (including phenoxy) is 1. The Balaban J connectivity index is 2.41. The second kappa shape index (κ2) is 6.12. The third-order valence-corrected chi connectivity index (χ3v) is 4.02. The van der Waals surface area contributed by atoms with Gasteiger partial charge in [0.25, 0.3) is 0 Å². The molecule has 1 nitrogen and oxygen atoms in total. The van der Waals surface area contributed by atoms with E-state index in [9.17, 15) is 4.39 Å². The van der Waals surface area contributed by atoms with Crippen molar-refractivity contribution >= 4 is 39.1 Å². The molecule has 1 unspecified atom stereocenters. The molecule has 5 heteroatoms. The first-order valence-electron chi connectivity index (χ1n) is 5.45. The number of alkyl halides is 1. The van der Waals surface area contributed by atoms with Crippen LogP contribution >= 0.6 is 39.1 Å². The summed E-state index contributed by atoms with van der Waals surface area (Å²) in [5.74, 6) is -0.260. The fourth-order valence-electron chi connectivity index (χ4n) is 1.73. The van der Waals surface area contributed by atoms with Gasteiger partial charge in [0.2, 0.25) is 0 Å². The molecule has 0 saturated carbocycles. The number of rotatable bonds is 3. The van der Waals surface area contributed by atoms with E-state index in [1.54, 1.807) is 18.2 Å². The number of benzene rings is 2. The molecule has 1 atom stereocenters. The molecule has 19 heavy (non-hydrogen) atoms. The third-order valence-electron chi connectivity index (χ3n) is 2.70. The Labute approximate surface area is 129 Å². The van der Waals surface area contributed by atoms with Gasteiger partial charge in [0.05, 0.1) is 12.5 Å². The first-order valence-corrected chi connectivity index (χ1v) is 7.06. The monoisotopic (exact) mass is 362 g/mol. The van der Waals surface area contributed by atoms with Gasteiger partial charge in [0.15, 0.2) is 11.6 Å². The summed E-state index contributed by atoms with van der Waals surface area (Å²) in [5, 5.41) is 0.0184. The smallest absolute Gasteiger partial charge is 0.165 e. The van der Waals surface area contributed by atoms with Crippen LogP contribution in [0, 0.1) is 5.82 Å². The van der Waals surface area contributed by atoms with E-state index in [4.69, 9.17) is 27.9 Å². The van der Waals surface area contributed by atoms with E-state index in [0.717, 1.165) is 10.0 Å². The Hall–Kier alpha value is -0.770. The molecule has 2 aromatic carbocycles. The molecule has 0 aromatic heterocycles. The van der Waals surface area contributed by atoms with Crippen molar-refractivity contribution in [3.05, 3.63) is 62.8 Å². The minimum absolute atomic E-state index is 0.188. The van der Waals surface area contributed by atoms with Crippen LogP contribution < -0.4 is 4.74 Å². The fraction of sp³-hybridized carbons (Fsp3) is 0.143. The maximum Gasteiger partial charge on any atom is 0.165 e. The number of hydrogen-bond acceptors (Lipinski definition) is 1. The second-order valence-electron chi connectivity index (χ2n) is 3.92. The molecule has 0 aliphatic heterocycles. The molecule has 2 aromatic rings. The first-order chi connectivity index (χ1) is 9.02. The van der Waals surface area contributed by atoms with Gasteiger partial charge in [-0.15, -0.1) is 11.6 Å². The highest BCUT2D eigenvalue weighted by Gasteiger charge is 2.16.